The van der Waals surface area contributed by atoms with Gasteiger partial charge in [0.1, 0.15) is 0 Å². The zero-order valence-corrected chi connectivity index (χ0v) is 10.3. The molecule has 1 rings (SSSR count). The van der Waals surface area contributed by atoms with Gasteiger partial charge in [-0.1, -0.05) is 11.6 Å². The average molecular weight is 303 g/mol. The van der Waals surface area contributed by atoms with E-state index >= 15 is 0 Å². The van der Waals surface area contributed by atoms with Crippen LogP contribution in [0.2, 0.25) is 5.02 Å². The van der Waals surface area contributed by atoms with Gasteiger partial charge in [0, 0.05) is 6.07 Å². The van der Waals surface area contributed by atoms with E-state index in [1.165, 1.54) is 5.48 Å². The second-order valence-electron chi connectivity index (χ2n) is 3.18. The van der Waals surface area contributed by atoms with Crippen LogP contribution >= 0.6 is 11.6 Å². The van der Waals surface area contributed by atoms with Crippen LogP contribution in [0.15, 0.2) is 22.3 Å². The smallest absolute Gasteiger partial charge is 0.356 e. The van der Waals surface area contributed by atoms with Crippen molar-refractivity contribution in [1.29, 1.82) is 0 Å². The molecule has 0 aliphatic rings. The Morgan fingerprint density at radius 2 is 2.05 bits per heavy atom. The molecule has 11 nitrogen and oxygen atoms in total. The van der Waals surface area contributed by atoms with Crippen molar-refractivity contribution in [2.45, 2.75) is 0 Å². The Morgan fingerprint density at radius 3 is 2.55 bits per heavy atom. The zero-order chi connectivity index (χ0) is 15.3. The van der Waals surface area contributed by atoms with Crippen LogP contribution < -0.4 is 11.2 Å². The summed E-state index contributed by atoms with van der Waals surface area (Å²) in [6.07, 6.45) is 0.817. The van der Waals surface area contributed by atoms with Crippen molar-refractivity contribution in [2.24, 2.45) is 15.9 Å². The summed E-state index contributed by atoms with van der Waals surface area (Å²) in [6.45, 7) is 0. The van der Waals surface area contributed by atoms with Crippen LogP contribution in [0.1, 0.15) is 5.56 Å². The fourth-order valence-corrected chi connectivity index (χ4v) is 1.41. The van der Waals surface area contributed by atoms with Crippen molar-refractivity contribution >= 4 is 35.1 Å². The molecule has 12 heteroatoms. The number of nitrogens with zero attached hydrogens (tertiary/aromatic N) is 4. The maximum Gasteiger partial charge on any atom is 0.356 e. The van der Waals surface area contributed by atoms with Gasteiger partial charge in [-0.3, -0.25) is 25.4 Å². The van der Waals surface area contributed by atoms with E-state index in [-0.39, 0.29) is 10.6 Å². The number of nitrogens with one attached hydrogen (secondary N) is 1. The summed E-state index contributed by atoms with van der Waals surface area (Å²) in [4.78, 5) is 19.8. The molecule has 0 spiro atoms. The second-order valence-corrected chi connectivity index (χ2v) is 3.59. The number of nitrogens with two attached hydrogens (primary N) is 1. The fourth-order valence-electron chi connectivity index (χ4n) is 1.21. The Hall–Kier alpha value is -2.79. The van der Waals surface area contributed by atoms with Crippen molar-refractivity contribution in [3.63, 3.8) is 0 Å². The second kappa shape index (κ2) is 6.40. The predicted octanol–water partition coefficient (Wildman–Crippen LogP) is 0.784. The number of hydrogen-bond acceptors (Lipinski definition) is 7. The van der Waals surface area contributed by atoms with Gasteiger partial charge < -0.3 is 5.73 Å². The normalized spacial score (nSPS) is 11.6. The van der Waals surface area contributed by atoms with Crippen molar-refractivity contribution in [1.82, 2.24) is 5.48 Å². The third-order valence-electron chi connectivity index (χ3n) is 1.99. The third kappa shape index (κ3) is 3.37. The summed E-state index contributed by atoms with van der Waals surface area (Å²) < 4.78 is 0. The topological polar surface area (TPSA) is 169 Å². The van der Waals surface area contributed by atoms with E-state index in [1.54, 1.807) is 0 Å². The molecule has 0 atom stereocenters. The lowest BCUT2D eigenvalue weighted by Gasteiger charge is -2.00. The first-order valence-electron chi connectivity index (χ1n) is 4.76. The molecule has 0 saturated heterocycles. The van der Waals surface area contributed by atoms with Crippen LogP contribution in [0.5, 0.6) is 0 Å². The number of guanidine groups is 1. The van der Waals surface area contributed by atoms with Gasteiger partial charge in [0.2, 0.25) is 5.96 Å². The Labute approximate surface area is 115 Å². The zero-order valence-electron chi connectivity index (χ0n) is 9.56. The van der Waals surface area contributed by atoms with E-state index in [9.17, 15) is 20.2 Å². The van der Waals surface area contributed by atoms with E-state index in [1.807, 2.05) is 0 Å². The fraction of sp³-hybridized carbons (Fsp3) is 0. The highest BCUT2D eigenvalue weighted by molar-refractivity contribution is 6.33. The highest BCUT2D eigenvalue weighted by Gasteiger charge is 2.29. The lowest BCUT2D eigenvalue weighted by atomic mass is 10.1. The van der Waals surface area contributed by atoms with Crippen molar-refractivity contribution in [2.75, 3.05) is 0 Å². The van der Waals surface area contributed by atoms with Gasteiger partial charge in [-0.25, -0.2) is 5.48 Å². The molecule has 0 fully saturated rings. The minimum atomic E-state index is -0.956. The number of nitro groups is 2. The van der Waals surface area contributed by atoms with Gasteiger partial charge in [0.25, 0.3) is 0 Å². The maximum atomic E-state index is 10.9. The van der Waals surface area contributed by atoms with E-state index in [2.05, 4.69) is 10.2 Å². The number of benzene rings is 1. The van der Waals surface area contributed by atoms with Gasteiger partial charge in [0.15, 0.2) is 0 Å². The van der Waals surface area contributed by atoms with Crippen molar-refractivity contribution in [3.05, 3.63) is 42.9 Å². The SMILES string of the molecule is NC(=NN=Cc1c(Cl)ccc([N+](=O)[O-])c1[N+](=O)[O-])NO. The molecule has 1 aromatic rings. The number of nitro benzene ring substituents is 2. The van der Waals surface area contributed by atoms with Crippen LogP contribution in [-0.4, -0.2) is 27.2 Å². The van der Waals surface area contributed by atoms with Crippen molar-refractivity contribution < 1.29 is 15.1 Å². The molecule has 0 aliphatic carbocycles. The van der Waals surface area contributed by atoms with E-state index in [4.69, 9.17) is 22.5 Å². The number of halogens is 1. The minimum Gasteiger partial charge on any atom is -0.367 e. The molecule has 0 aliphatic heterocycles. The Kier molecular flexibility index (Phi) is 4.88. The third-order valence-corrected chi connectivity index (χ3v) is 2.32. The molecule has 0 unspecified atom stereocenters. The predicted molar refractivity (Wildman–Crippen MR) is 68.9 cm³/mol. The highest BCUT2D eigenvalue weighted by atomic mass is 35.5. The van der Waals surface area contributed by atoms with Crippen LogP contribution in [0.4, 0.5) is 11.4 Å². The van der Waals surface area contributed by atoms with Crippen LogP contribution in [0.3, 0.4) is 0 Å². The first kappa shape index (κ1) is 15.3. The van der Waals surface area contributed by atoms with Crippen molar-refractivity contribution in [3.8, 4) is 0 Å². The van der Waals surface area contributed by atoms with Gasteiger partial charge >= 0.3 is 11.4 Å². The minimum absolute atomic E-state index is 0.128. The summed E-state index contributed by atoms with van der Waals surface area (Å²) in [7, 11) is 0. The first-order chi connectivity index (χ1) is 9.38. The molecular formula is C8H7ClN6O5. The standard InChI is InChI=1S/C8H7ClN6O5/c9-5-1-2-6(14(17)18)7(15(19)20)4(5)3-11-12-8(10)13-16/h1-3,16H,(H3,10,12,13). The molecule has 0 saturated carbocycles. The van der Waals surface area contributed by atoms with Gasteiger partial charge in [0.05, 0.1) is 26.6 Å². The van der Waals surface area contributed by atoms with Crippen LogP contribution in [0, 0.1) is 20.2 Å². The monoisotopic (exact) mass is 302 g/mol. The molecule has 0 aromatic heterocycles. The summed E-state index contributed by atoms with van der Waals surface area (Å²) in [5.41, 5.74) is 4.66. The summed E-state index contributed by atoms with van der Waals surface area (Å²) >= 11 is 5.74. The maximum absolute atomic E-state index is 10.9. The average Bonchev–Trinajstić information content (AvgIpc) is 2.39. The summed E-state index contributed by atoms with van der Waals surface area (Å²) in [6, 6.07) is 2.02. The molecule has 0 radical (unpaired) electrons. The summed E-state index contributed by atoms with van der Waals surface area (Å²) in [5, 5.41) is 36.4. The molecular weight excluding hydrogens is 296 g/mol. The molecule has 0 amide bonds. The number of hydrogen-bond donors (Lipinski definition) is 3. The van der Waals surface area contributed by atoms with Crippen LogP contribution in [0.25, 0.3) is 0 Å². The van der Waals surface area contributed by atoms with E-state index in [0.717, 1.165) is 18.3 Å². The van der Waals surface area contributed by atoms with Gasteiger partial charge in [-0.2, -0.15) is 5.10 Å². The molecule has 20 heavy (non-hydrogen) atoms. The summed E-state index contributed by atoms with van der Waals surface area (Å²) in [5.74, 6) is -0.481. The first-order valence-corrected chi connectivity index (χ1v) is 5.14. The number of hydroxylamine groups is 1. The number of rotatable bonds is 4. The van der Waals surface area contributed by atoms with Gasteiger partial charge in [-0.05, 0) is 6.07 Å². The van der Waals surface area contributed by atoms with E-state index in [0.29, 0.717) is 0 Å². The quantitative estimate of drug-likeness (QED) is 0.319. The van der Waals surface area contributed by atoms with Crippen LogP contribution in [-0.2, 0) is 0 Å². The molecule has 4 N–H and O–H groups in total. The highest BCUT2D eigenvalue weighted by Crippen LogP contribution is 2.34. The Balaban J connectivity index is 3.41. The lowest BCUT2D eigenvalue weighted by molar-refractivity contribution is -0.422. The Morgan fingerprint density at radius 1 is 1.40 bits per heavy atom. The molecule has 106 valence electrons. The lowest BCUT2D eigenvalue weighted by Crippen LogP contribution is -2.27. The van der Waals surface area contributed by atoms with Gasteiger partial charge in [-0.15, -0.1) is 5.10 Å². The molecule has 0 heterocycles. The largest absolute Gasteiger partial charge is 0.367 e. The van der Waals surface area contributed by atoms with E-state index < -0.39 is 27.2 Å². The Bertz CT molecular complexity index is 616. The molecule has 1 aromatic carbocycles. The molecule has 0 bridgehead atoms.